The molecule has 2 aromatic rings. The van der Waals surface area contributed by atoms with Crippen LogP contribution >= 0.6 is 46.3 Å². The zero-order valence-electron chi connectivity index (χ0n) is 12.1. The zero-order valence-corrected chi connectivity index (χ0v) is 15.3. The highest BCUT2D eigenvalue weighted by Gasteiger charge is 2.11. The lowest BCUT2D eigenvalue weighted by molar-refractivity contribution is -0.113. The van der Waals surface area contributed by atoms with Crippen molar-refractivity contribution in [1.82, 2.24) is 10.2 Å². The van der Waals surface area contributed by atoms with E-state index < -0.39 is 0 Å². The van der Waals surface area contributed by atoms with E-state index in [0.29, 0.717) is 38.4 Å². The molecule has 0 saturated heterocycles. The van der Waals surface area contributed by atoms with Crippen LogP contribution in [0.15, 0.2) is 22.5 Å². The molecule has 0 bridgehead atoms. The quantitative estimate of drug-likeness (QED) is 0.527. The van der Waals surface area contributed by atoms with Gasteiger partial charge in [-0.3, -0.25) is 4.79 Å². The van der Waals surface area contributed by atoms with Crippen LogP contribution in [0.4, 0.5) is 10.8 Å². The lowest BCUT2D eigenvalue weighted by atomic mass is 10.3. The van der Waals surface area contributed by atoms with Crippen molar-refractivity contribution in [2.75, 3.05) is 36.6 Å². The van der Waals surface area contributed by atoms with Crippen molar-refractivity contribution in [3.63, 3.8) is 0 Å². The topological polar surface area (TPSA) is 76.1 Å². The summed E-state index contributed by atoms with van der Waals surface area (Å²) in [7, 11) is 1.63. The molecule has 0 aliphatic carbocycles. The summed E-state index contributed by atoms with van der Waals surface area (Å²) in [6.07, 6.45) is 0. The Kier molecular flexibility index (Phi) is 7.38. The molecule has 0 fully saturated rings. The molecule has 0 radical (unpaired) electrons. The maximum Gasteiger partial charge on any atom is 0.234 e. The van der Waals surface area contributed by atoms with Crippen LogP contribution in [-0.4, -0.2) is 42.1 Å². The Morgan fingerprint density at radius 1 is 1.35 bits per heavy atom. The van der Waals surface area contributed by atoms with E-state index in [1.54, 1.807) is 25.3 Å². The predicted molar refractivity (Wildman–Crippen MR) is 96.1 cm³/mol. The van der Waals surface area contributed by atoms with Crippen LogP contribution in [0.5, 0.6) is 0 Å². The zero-order chi connectivity index (χ0) is 16.7. The number of thioether (sulfide) groups is 1. The summed E-state index contributed by atoms with van der Waals surface area (Å²) in [5.74, 6) is -0.0251. The molecule has 2 rings (SSSR count). The number of rotatable bonds is 8. The second-order valence-corrected chi connectivity index (χ2v) is 7.24. The molecular weight excluding hydrogens is 379 g/mol. The van der Waals surface area contributed by atoms with Crippen LogP contribution in [0.1, 0.15) is 0 Å². The second kappa shape index (κ2) is 9.29. The minimum absolute atomic E-state index is 0.189. The summed E-state index contributed by atoms with van der Waals surface area (Å²) in [4.78, 5) is 12.0. The number of methoxy groups -OCH3 is 1. The van der Waals surface area contributed by atoms with E-state index >= 15 is 0 Å². The second-order valence-electron chi connectivity index (χ2n) is 4.23. The molecule has 1 aromatic carbocycles. The highest BCUT2D eigenvalue weighted by molar-refractivity contribution is 8.01. The normalized spacial score (nSPS) is 10.6. The van der Waals surface area contributed by atoms with Gasteiger partial charge in [-0.15, -0.1) is 10.2 Å². The Hall–Kier alpha value is -1.06. The molecule has 124 valence electrons. The van der Waals surface area contributed by atoms with Crippen LogP contribution in [0.25, 0.3) is 0 Å². The fourth-order valence-electron chi connectivity index (χ4n) is 1.52. The molecule has 1 heterocycles. The third kappa shape index (κ3) is 5.82. The summed E-state index contributed by atoms with van der Waals surface area (Å²) in [6, 6.07) is 5.05. The lowest BCUT2D eigenvalue weighted by Gasteiger charge is -2.08. The molecule has 0 spiro atoms. The molecule has 2 N–H and O–H groups in total. The Labute approximate surface area is 151 Å². The van der Waals surface area contributed by atoms with Gasteiger partial charge in [-0.05, 0) is 12.1 Å². The number of ether oxygens (including phenoxy) is 1. The minimum Gasteiger partial charge on any atom is -0.383 e. The monoisotopic (exact) mass is 392 g/mol. The molecule has 23 heavy (non-hydrogen) atoms. The van der Waals surface area contributed by atoms with Crippen molar-refractivity contribution in [1.29, 1.82) is 0 Å². The predicted octanol–water partition coefficient (Wildman–Crippen LogP) is 3.63. The molecule has 0 unspecified atom stereocenters. The van der Waals surface area contributed by atoms with Crippen LogP contribution in [-0.2, 0) is 9.53 Å². The number of anilines is 2. The molecule has 0 saturated carbocycles. The van der Waals surface area contributed by atoms with Gasteiger partial charge in [-0.25, -0.2) is 0 Å². The van der Waals surface area contributed by atoms with Crippen molar-refractivity contribution >= 4 is 63.0 Å². The number of aromatic nitrogens is 2. The number of carbonyl (C=O) groups excluding carboxylic acids is 1. The summed E-state index contributed by atoms with van der Waals surface area (Å²) in [6.45, 7) is 1.24. The Balaban J connectivity index is 1.82. The fourth-order valence-corrected chi connectivity index (χ4v) is 3.59. The Morgan fingerprint density at radius 2 is 2.09 bits per heavy atom. The molecule has 0 atom stereocenters. The summed E-state index contributed by atoms with van der Waals surface area (Å²) in [5.41, 5.74) is 0.417. The summed E-state index contributed by atoms with van der Waals surface area (Å²) < 4.78 is 5.64. The number of para-hydroxylation sites is 1. The largest absolute Gasteiger partial charge is 0.383 e. The molecule has 0 aliphatic rings. The summed E-state index contributed by atoms with van der Waals surface area (Å²) in [5, 5.41) is 15.3. The van der Waals surface area contributed by atoms with Gasteiger partial charge < -0.3 is 15.4 Å². The third-order valence-corrected chi connectivity index (χ3v) is 5.19. The van der Waals surface area contributed by atoms with Crippen LogP contribution in [0.3, 0.4) is 0 Å². The van der Waals surface area contributed by atoms with Gasteiger partial charge in [0.05, 0.1) is 28.1 Å². The maximum atomic E-state index is 12.0. The molecule has 1 aromatic heterocycles. The van der Waals surface area contributed by atoms with Crippen molar-refractivity contribution < 1.29 is 9.53 Å². The molecular formula is C13H14Cl2N4O2S2. The van der Waals surface area contributed by atoms with E-state index in [-0.39, 0.29) is 11.7 Å². The first kappa shape index (κ1) is 18.3. The first-order valence-corrected chi connectivity index (χ1v) is 9.09. The first-order chi connectivity index (χ1) is 11.1. The molecule has 0 aliphatic heterocycles. The lowest BCUT2D eigenvalue weighted by Crippen LogP contribution is -2.14. The smallest absolute Gasteiger partial charge is 0.234 e. The van der Waals surface area contributed by atoms with Crippen molar-refractivity contribution in [3.05, 3.63) is 28.2 Å². The Bertz CT molecular complexity index is 649. The van der Waals surface area contributed by atoms with E-state index in [9.17, 15) is 4.79 Å². The number of benzene rings is 1. The Morgan fingerprint density at radius 3 is 2.78 bits per heavy atom. The van der Waals surface area contributed by atoms with Gasteiger partial charge in [0.1, 0.15) is 0 Å². The van der Waals surface area contributed by atoms with Crippen LogP contribution in [0.2, 0.25) is 10.0 Å². The van der Waals surface area contributed by atoms with Gasteiger partial charge in [-0.1, -0.05) is 52.4 Å². The van der Waals surface area contributed by atoms with E-state index in [4.69, 9.17) is 27.9 Å². The van der Waals surface area contributed by atoms with Gasteiger partial charge in [-0.2, -0.15) is 0 Å². The third-order valence-electron chi connectivity index (χ3n) is 2.54. The van der Waals surface area contributed by atoms with Gasteiger partial charge in [0, 0.05) is 13.7 Å². The van der Waals surface area contributed by atoms with Gasteiger partial charge >= 0.3 is 0 Å². The van der Waals surface area contributed by atoms with Crippen LogP contribution in [0, 0.1) is 0 Å². The first-order valence-electron chi connectivity index (χ1n) is 6.53. The number of hydrogen-bond acceptors (Lipinski definition) is 7. The number of nitrogens with one attached hydrogen (secondary N) is 2. The van der Waals surface area contributed by atoms with Crippen molar-refractivity contribution in [2.45, 2.75) is 4.34 Å². The number of hydrogen-bond donors (Lipinski definition) is 2. The van der Waals surface area contributed by atoms with Crippen molar-refractivity contribution in [2.24, 2.45) is 0 Å². The number of nitrogens with zero attached hydrogens (tertiary/aromatic N) is 2. The fraction of sp³-hybridized carbons (Fsp3) is 0.308. The van der Waals surface area contributed by atoms with Gasteiger partial charge in [0.15, 0.2) is 4.34 Å². The molecule has 10 heteroatoms. The average molecular weight is 393 g/mol. The average Bonchev–Trinajstić information content (AvgIpc) is 2.97. The summed E-state index contributed by atoms with van der Waals surface area (Å²) >= 11 is 14.7. The highest BCUT2D eigenvalue weighted by atomic mass is 35.5. The van der Waals surface area contributed by atoms with Gasteiger partial charge in [0.2, 0.25) is 11.0 Å². The van der Waals surface area contributed by atoms with Crippen molar-refractivity contribution in [3.8, 4) is 0 Å². The van der Waals surface area contributed by atoms with E-state index in [0.717, 1.165) is 0 Å². The number of carbonyl (C=O) groups is 1. The SMILES string of the molecule is COCCNc1nnc(SCC(=O)Nc2c(Cl)cccc2Cl)s1. The molecule has 6 nitrogen and oxygen atoms in total. The number of halogens is 2. The maximum absolute atomic E-state index is 12.0. The standard InChI is InChI=1S/C13H14Cl2N4O2S2/c1-21-6-5-16-12-18-19-13(23-12)22-7-10(20)17-11-8(14)3-2-4-9(11)15/h2-4H,5-7H2,1H3,(H,16,18)(H,17,20). The minimum atomic E-state index is -0.214. The number of amides is 1. The van der Waals surface area contributed by atoms with Crippen LogP contribution < -0.4 is 10.6 Å². The van der Waals surface area contributed by atoms with E-state index in [1.807, 2.05) is 0 Å². The molecule has 1 amide bonds. The van der Waals surface area contributed by atoms with Gasteiger partial charge in [0.25, 0.3) is 0 Å². The highest BCUT2D eigenvalue weighted by Crippen LogP contribution is 2.30. The van der Waals surface area contributed by atoms with E-state index in [2.05, 4.69) is 20.8 Å². The van der Waals surface area contributed by atoms with E-state index in [1.165, 1.54) is 23.1 Å².